The highest BCUT2D eigenvalue weighted by Crippen LogP contribution is 2.36. The van der Waals surface area contributed by atoms with Crippen molar-refractivity contribution >= 4 is 11.6 Å². The molecule has 1 unspecified atom stereocenters. The topological polar surface area (TPSA) is 68.0 Å². The van der Waals surface area contributed by atoms with Crippen molar-refractivity contribution in [3.8, 4) is 0 Å². The van der Waals surface area contributed by atoms with E-state index in [2.05, 4.69) is 17.2 Å². The third-order valence-corrected chi connectivity index (χ3v) is 3.98. The van der Waals surface area contributed by atoms with E-state index in [0.717, 1.165) is 44.3 Å². The Morgan fingerprint density at radius 1 is 1.58 bits per heavy atom. The van der Waals surface area contributed by atoms with Crippen LogP contribution in [0.2, 0.25) is 0 Å². The fraction of sp³-hybridized carbons (Fsp3) is 0.600. The summed E-state index contributed by atoms with van der Waals surface area (Å²) in [5, 5.41) is 3.36. The van der Waals surface area contributed by atoms with E-state index in [9.17, 15) is 4.79 Å². The number of hydrogen-bond donors (Lipinski definition) is 2. The van der Waals surface area contributed by atoms with Gasteiger partial charge in [-0.3, -0.25) is 4.79 Å². The molecule has 4 nitrogen and oxygen atoms in total. The van der Waals surface area contributed by atoms with E-state index in [1.807, 2.05) is 13.0 Å². The maximum atomic E-state index is 12.9. The summed E-state index contributed by atoms with van der Waals surface area (Å²) in [6.07, 6.45) is 5.61. The van der Waals surface area contributed by atoms with Crippen LogP contribution >= 0.6 is 0 Å². The van der Waals surface area contributed by atoms with E-state index in [1.54, 1.807) is 6.20 Å². The third kappa shape index (κ3) is 2.78. The number of anilines is 1. The summed E-state index contributed by atoms with van der Waals surface area (Å²) in [7, 11) is 0. The van der Waals surface area contributed by atoms with Crippen LogP contribution < -0.4 is 11.1 Å². The second-order valence-corrected chi connectivity index (χ2v) is 5.59. The van der Waals surface area contributed by atoms with Gasteiger partial charge >= 0.3 is 0 Å². The molecule has 4 heteroatoms. The molecule has 0 aromatic carbocycles. The van der Waals surface area contributed by atoms with Gasteiger partial charge in [-0.05, 0) is 44.4 Å². The Kier molecular flexibility index (Phi) is 4.20. The summed E-state index contributed by atoms with van der Waals surface area (Å²) in [6, 6.07) is 1.87. The first kappa shape index (κ1) is 14.0. The van der Waals surface area contributed by atoms with Crippen LogP contribution in [0.5, 0.6) is 0 Å². The largest absolute Gasteiger partial charge is 0.383 e. The molecular formula is C15H23N3O. The van der Waals surface area contributed by atoms with Crippen LogP contribution in [-0.2, 0) is 0 Å². The summed E-state index contributed by atoms with van der Waals surface area (Å²) >= 11 is 0. The second kappa shape index (κ2) is 5.70. The van der Waals surface area contributed by atoms with Crippen molar-refractivity contribution in [3.63, 3.8) is 0 Å². The molecule has 1 aromatic heterocycles. The molecule has 19 heavy (non-hydrogen) atoms. The zero-order valence-electron chi connectivity index (χ0n) is 11.8. The highest BCUT2D eigenvalue weighted by atomic mass is 16.1. The van der Waals surface area contributed by atoms with Crippen molar-refractivity contribution in [2.24, 2.45) is 5.41 Å². The lowest BCUT2D eigenvalue weighted by Crippen LogP contribution is -2.45. The van der Waals surface area contributed by atoms with Gasteiger partial charge in [0, 0.05) is 18.2 Å². The van der Waals surface area contributed by atoms with Gasteiger partial charge in [0.05, 0.1) is 5.56 Å². The van der Waals surface area contributed by atoms with E-state index >= 15 is 0 Å². The number of aromatic nitrogens is 1. The molecule has 1 saturated heterocycles. The number of rotatable bonds is 4. The van der Waals surface area contributed by atoms with Crippen molar-refractivity contribution in [1.29, 1.82) is 0 Å². The Bertz CT molecular complexity index is 459. The number of nitrogen functional groups attached to an aromatic ring is 1. The number of pyridine rings is 1. The molecule has 1 aromatic rings. The third-order valence-electron chi connectivity index (χ3n) is 3.98. The van der Waals surface area contributed by atoms with Crippen LogP contribution in [0.25, 0.3) is 0 Å². The van der Waals surface area contributed by atoms with Crippen LogP contribution in [0.1, 0.15) is 48.5 Å². The standard InChI is InChI=1S/C15H23N3O/c1-3-5-15(6-4-7-17-10-15)13(19)12-8-11(2)9-18-14(12)16/h8-9,17H,3-7,10H2,1-2H3,(H2,16,18). The lowest BCUT2D eigenvalue weighted by molar-refractivity contribution is 0.0718. The van der Waals surface area contributed by atoms with Crippen molar-refractivity contribution in [3.05, 3.63) is 23.4 Å². The first-order valence-corrected chi connectivity index (χ1v) is 7.07. The van der Waals surface area contributed by atoms with Crippen LogP contribution in [0, 0.1) is 12.3 Å². The van der Waals surface area contributed by atoms with Crippen molar-refractivity contribution in [2.45, 2.75) is 39.5 Å². The van der Waals surface area contributed by atoms with E-state index < -0.39 is 0 Å². The van der Waals surface area contributed by atoms with Gasteiger partial charge in [0.2, 0.25) is 0 Å². The minimum atomic E-state index is -0.295. The lowest BCUT2D eigenvalue weighted by atomic mass is 9.71. The zero-order chi connectivity index (χ0) is 13.9. The highest BCUT2D eigenvalue weighted by molar-refractivity contribution is 6.04. The lowest BCUT2D eigenvalue weighted by Gasteiger charge is -2.36. The molecule has 2 heterocycles. The Balaban J connectivity index is 2.36. The van der Waals surface area contributed by atoms with Crippen molar-refractivity contribution < 1.29 is 4.79 Å². The average molecular weight is 261 g/mol. The Labute approximate surface area is 114 Å². The molecule has 0 amide bonds. The number of Topliss-reactive ketones (excluding diaryl/α,β-unsaturated/α-hetero) is 1. The molecule has 1 atom stereocenters. The second-order valence-electron chi connectivity index (χ2n) is 5.59. The van der Waals surface area contributed by atoms with Crippen LogP contribution in [-0.4, -0.2) is 23.9 Å². The zero-order valence-corrected chi connectivity index (χ0v) is 11.8. The van der Waals surface area contributed by atoms with E-state index in [0.29, 0.717) is 11.4 Å². The summed E-state index contributed by atoms with van der Waals surface area (Å²) in [6.45, 7) is 5.82. The number of nitrogens with two attached hydrogens (primary N) is 1. The maximum Gasteiger partial charge on any atom is 0.173 e. The van der Waals surface area contributed by atoms with Gasteiger partial charge in [-0.25, -0.2) is 4.98 Å². The normalized spacial score (nSPS) is 23.3. The minimum Gasteiger partial charge on any atom is -0.383 e. The average Bonchev–Trinajstić information content (AvgIpc) is 2.42. The number of aryl methyl sites for hydroxylation is 1. The van der Waals surface area contributed by atoms with Gasteiger partial charge in [-0.1, -0.05) is 13.3 Å². The Morgan fingerprint density at radius 2 is 2.37 bits per heavy atom. The van der Waals surface area contributed by atoms with Crippen molar-refractivity contribution in [2.75, 3.05) is 18.8 Å². The number of piperidine rings is 1. The van der Waals surface area contributed by atoms with Crippen LogP contribution in [0.3, 0.4) is 0 Å². The van der Waals surface area contributed by atoms with Gasteiger partial charge < -0.3 is 11.1 Å². The number of carbonyl (C=O) groups is 1. The molecule has 0 radical (unpaired) electrons. The molecule has 3 N–H and O–H groups in total. The number of nitrogens with zero attached hydrogens (tertiary/aromatic N) is 1. The fourth-order valence-electron chi connectivity index (χ4n) is 3.01. The smallest absolute Gasteiger partial charge is 0.173 e. The molecule has 0 spiro atoms. The molecule has 0 aliphatic carbocycles. The predicted octanol–water partition coefficient (Wildman–Crippen LogP) is 2.32. The van der Waals surface area contributed by atoms with Gasteiger partial charge in [0.25, 0.3) is 0 Å². The Morgan fingerprint density at radius 3 is 3.00 bits per heavy atom. The van der Waals surface area contributed by atoms with E-state index in [-0.39, 0.29) is 11.2 Å². The fourth-order valence-corrected chi connectivity index (χ4v) is 3.01. The predicted molar refractivity (Wildman–Crippen MR) is 77.2 cm³/mol. The summed E-state index contributed by atoms with van der Waals surface area (Å²) in [5.74, 6) is 0.520. The first-order chi connectivity index (χ1) is 9.09. The van der Waals surface area contributed by atoms with Gasteiger partial charge in [0.15, 0.2) is 5.78 Å². The minimum absolute atomic E-state index is 0.162. The molecule has 1 aliphatic rings. The Hall–Kier alpha value is -1.42. The highest BCUT2D eigenvalue weighted by Gasteiger charge is 2.39. The molecule has 2 rings (SSSR count). The molecule has 1 aliphatic heterocycles. The van der Waals surface area contributed by atoms with E-state index in [1.165, 1.54) is 0 Å². The SMILES string of the molecule is CCCC1(C(=O)c2cc(C)cnc2N)CCCNC1. The van der Waals surface area contributed by atoms with E-state index in [4.69, 9.17) is 5.73 Å². The number of ketones is 1. The number of carbonyl (C=O) groups excluding carboxylic acids is 1. The van der Waals surface area contributed by atoms with Gasteiger partial charge in [-0.15, -0.1) is 0 Å². The molecule has 0 saturated carbocycles. The molecular weight excluding hydrogens is 238 g/mol. The summed E-state index contributed by atoms with van der Waals surface area (Å²) in [4.78, 5) is 17.0. The first-order valence-electron chi connectivity index (χ1n) is 7.07. The number of hydrogen-bond acceptors (Lipinski definition) is 4. The van der Waals surface area contributed by atoms with Crippen LogP contribution in [0.4, 0.5) is 5.82 Å². The van der Waals surface area contributed by atoms with Gasteiger partial charge in [0.1, 0.15) is 5.82 Å². The quantitative estimate of drug-likeness (QED) is 0.816. The maximum absolute atomic E-state index is 12.9. The van der Waals surface area contributed by atoms with Gasteiger partial charge in [-0.2, -0.15) is 0 Å². The summed E-state index contributed by atoms with van der Waals surface area (Å²) in [5.41, 5.74) is 7.18. The molecule has 1 fully saturated rings. The molecule has 0 bridgehead atoms. The number of nitrogens with one attached hydrogen (secondary N) is 1. The molecule has 104 valence electrons. The summed E-state index contributed by atoms with van der Waals surface area (Å²) < 4.78 is 0. The monoisotopic (exact) mass is 261 g/mol. The van der Waals surface area contributed by atoms with Crippen LogP contribution in [0.15, 0.2) is 12.3 Å². The van der Waals surface area contributed by atoms with Crippen molar-refractivity contribution in [1.82, 2.24) is 10.3 Å².